The van der Waals surface area contributed by atoms with Crippen molar-refractivity contribution >= 4 is 21.8 Å². The van der Waals surface area contributed by atoms with E-state index in [4.69, 9.17) is 6.42 Å². The first-order valence-corrected chi connectivity index (χ1v) is 8.51. The van der Waals surface area contributed by atoms with Gasteiger partial charge in [-0.2, -0.15) is 4.72 Å². The summed E-state index contributed by atoms with van der Waals surface area (Å²) < 4.78 is 25.9. The molecule has 2 amide bonds. The van der Waals surface area contributed by atoms with E-state index in [0.29, 0.717) is 0 Å². The second-order valence-electron chi connectivity index (χ2n) is 5.08. The SMILES string of the molecule is C#CCNS(=O)(=O)c1ccc(C(=O)NCC(=O)NC2CC2)cc1. The molecule has 0 aromatic heterocycles. The maximum atomic E-state index is 11.9. The zero-order valence-corrected chi connectivity index (χ0v) is 13.2. The molecule has 1 aliphatic rings. The van der Waals surface area contributed by atoms with Gasteiger partial charge in [-0.05, 0) is 37.1 Å². The molecule has 0 unspecified atom stereocenters. The molecule has 1 aromatic rings. The van der Waals surface area contributed by atoms with Gasteiger partial charge in [-0.1, -0.05) is 5.92 Å². The summed E-state index contributed by atoms with van der Waals surface area (Å²) in [6.45, 7) is -0.222. The van der Waals surface area contributed by atoms with Crippen LogP contribution >= 0.6 is 0 Å². The molecule has 8 heteroatoms. The number of carbonyl (C=O) groups is 2. The van der Waals surface area contributed by atoms with Crippen LogP contribution in [0.25, 0.3) is 0 Å². The van der Waals surface area contributed by atoms with E-state index in [0.717, 1.165) is 12.8 Å². The van der Waals surface area contributed by atoms with Crippen molar-refractivity contribution in [2.75, 3.05) is 13.1 Å². The normalized spacial score (nSPS) is 13.9. The largest absolute Gasteiger partial charge is 0.352 e. The molecular formula is C15H17N3O4S. The molecule has 23 heavy (non-hydrogen) atoms. The summed E-state index contributed by atoms with van der Waals surface area (Å²) in [6.07, 6.45) is 6.96. The molecule has 122 valence electrons. The molecule has 2 rings (SSSR count). The molecule has 0 aliphatic heterocycles. The van der Waals surface area contributed by atoms with Gasteiger partial charge in [0.15, 0.2) is 0 Å². The number of hydrogen-bond donors (Lipinski definition) is 3. The minimum atomic E-state index is -3.69. The number of sulfonamides is 1. The lowest BCUT2D eigenvalue weighted by molar-refractivity contribution is -0.120. The molecule has 1 saturated carbocycles. The van der Waals surface area contributed by atoms with Crippen molar-refractivity contribution < 1.29 is 18.0 Å². The Labute approximate surface area is 134 Å². The monoisotopic (exact) mass is 335 g/mol. The lowest BCUT2D eigenvalue weighted by Gasteiger charge is -2.07. The summed E-state index contributed by atoms with van der Waals surface area (Å²) >= 11 is 0. The summed E-state index contributed by atoms with van der Waals surface area (Å²) in [7, 11) is -3.69. The highest BCUT2D eigenvalue weighted by Gasteiger charge is 2.23. The van der Waals surface area contributed by atoms with E-state index in [1.165, 1.54) is 24.3 Å². The van der Waals surface area contributed by atoms with Gasteiger partial charge in [0.05, 0.1) is 18.0 Å². The zero-order chi connectivity index (χ0) is 16.9. The van der Waals surface area contributed by atoms with Gasteiger partial charge < -0.3 is 10.6 Å². The van der Waals surface area contributed by atoms with Crippen molar-refractivity contribution in [3.63, 3.8) is 0 Å². The van der Waals surface area contributed by atoms with Gasteiger partial charge >= 0.3 is 0 Å². The third kappa shape index (κ3) is 5.09. The molecule has 1 aromatic carbocycles. The van der Waals surface area contributed by atoms with Crippen molar-refractivity contribution in [1.82, 2.24) is 15.4 Å². The average molecular weight is 335 g/mol. The number of hydrogen-bond acceptors (Lipinski definition) is 4. The van der Waals surface area contributed by atoms with Crippen LogP contribution in [0.4, 0.5) is 0 Å². The van der Waals surface area contributed by atoms with Crippen LogP contribution in [-0.4, -0.2) is 39.4 Å². The van der Waals surface area contributed by atoms with Crippen molar-refractivity contribution in [2.45, 2.75) is 23.8 Å². The molecule has 1 fully saturated rings. The number of benzene rings is 1. The van der Waals surface area contributed by atoms with E-state index in [2.05, 4.69) is 21.3 Å². The third-order valence-electron chi connectivity index (χ3n) is 3.14. The maximum Gasteiger partial charge on any atom is 0.251 e. The van der Waals surface area contributed by atoms with E-state index in [1.54, 1.807) is 0 Å². The first kappa shape index (κ1) is 17.0. The first-order chi connectivity index (χ1) is 10.9. The van der Waals surface area contributed by atoms with E-state index in [9.17, 15) is 18.0 Å². The van der Waals surface area contributed by atoms with Crippen LogP contribution < -0.4 is 15.4 Å². The highest BCUT2D eigenvalue weighted by molar-refractivity contribution is 7.89. The molecule has 7 nitrogen and oxygen atoms in total. The lowest BCUT2D eigenvalue weighted by atomic mass is 10.2. The topological polar surface area (TPSA) is 104 Å². The molecule has 0 spiro atoms. The second kappa shape index (κ2) is 7.26. The van der Waals surface area contributed by atoms with Gasteiger partial charge in [-0.3, -0.25) is 9.59 Å². The standard InChI is InChI=1S/C15H17N3O4S/c1-2-9-17-23(21,22)13-7-3-11(4-8-13)15(20)16-10-14(19)18-12-5-6-12/h1,3-4,7-8,12,17H,5-6,9-10H2,(H,16,20)(H,18,19). The van der Waals surface area contributed by atoms with Crippen molar-refractivity contribution in [2.24, 2.45) is 0 Å². The van der Waals surface area contributed by atoms with Crippen LogP contribution in [0.5, 0.6) is 0 Å². The Kier molecular flexibility index (Phi) is 5.36. The number of nitrogens with one attached hydrogen (secondary N) is 3. The average Bonchev–Trinajstić information content (AvgIpc) is 3.34. The summed E-state index contributed by atoms with van der Waals surface area (Å²) in [5.74, 6) is 1.49. The second-order valence-corrected chi connectivity index (χ2v) is 6.84. The van der Waals surface area contributed by atoms with Crippen LogP contribution in [0.2, 0.25) is 0 Å². The van der Waals surface area contributed by atoms with Crippen LogP contribution in [0.3, 0.4) is 0 Å². The Morgan fingerprint density at radius 2 is 1.87 bits per heavy atom. The smallest absolute Gasteiger partial charge is 0.251 e. The van der Waals surface area contributed by atoms with Crippen LogP contribution in [-0.2, 0) is 14.8 Å². The minimum Gasteiger partial charge on any atom is -0.352 e. The summed E-state index contributed by atoms with van der Waals surface area (Å²) in [5.41, 5.74) is 0.264. The van der Waals surface area contributed by atoms with E-state index >= 15 is 0 Å². The summed E-state index contributed by atoms with van der Waals surface area (Å²) in [4.78, 5) is 23.4. The Bertz CT molecular complexity index is 731. The zero-order valence-electron chi connectivity index (χ0n) is 12.3. The van der Waals surface area contributed by atoms with Crippen LogP contribution in [0, 0.1) is 12.3 Å². The van der Waals surface area contributed by atoms with Gasteiger partial charge in [0.2, 0.25) is 15.9 Å². The molecule has 3 N–H and O–H groups in total. The molecule has 0 heterocycles. The third-order valence-corrected chi connectivity index (χ3v) is 4.56. The molecule has 1 aliphatic carbocycles. The predicted octanol–water partition coefficient (Wildman–Crippen LogP) is -0.393. The van der Waals surface area contributed by atoms with Crippen molar-refractivity contribution in [1.29, 1.82) is 0 Å². The molecule has 0 bridgehead atoms. The molecule has 0 atom stereocenters. The van der Waals surface area contributed by atoms with Gasteiger partial charge in [-0.25, -0.2) is 8.42 Å². The highest BCUT2D eigenvalue weighted by Crippen LogP contribution is 2.18. The molecule has 0 saturated heterocycles. The lowest BCUT2D eigenvalue weighted by Crippen LogP contribution is -2.37. The van der Waals surface area contributed by atoms with Crippen molar-refractivity contribution in [3.8, 4) is 12.3 Å². The maximum absolute atomic E-state index is 11.9. The van der Waals surface area contributed by atoms with Crippen LogP contribution in [0.1, 0.15) is 23.2 Å². The quantitative estimate of drug-likeness (QED) is 0.590. The Hall–Kier alpha value is -2.37. The van der Waals surface area contributed by atoms with Crippen molar-refractivity contribution in [3.05, 3.63) is 29.8 Å². The molecule has 0 radical (unpaired) electrons. The van der Waals surface area contributed by atoms with E-state index in [1.807, 2.05) is 0 Å². The number of rotatable bonds is 7. The van der Waals surface area contributed by atoms with Crippen LogP contribution in [0.15, 0.2) is 29.2 Å². The molecular weight excluding hydrogens is 318 g/mol. The van der Waals surface area contributed by atoms with Gasteiger partial charge in [-0.15, -0.1) is 6.42 Å². The Morgan fingerprint density at radius 1 is 1.22 bits per heavy atom. The van der Waals surface area contributed by atoms with E-state index < -0.39 is 15.9 Å². The Balaban J connectivity index is 1.91. The number of carbonyl (C=O) groups excluding carboxylic acids is 2. The minimum absolute atomic E-state index is 0.00998. The predicted molar refractivity (Wildman–Crippen MR) is 84.0 cm³/mol. The summed E-state index contributed by atoms with van der Waals surface area (Å²) in [5, 5.41) is 5.23. The fourth-order valence-corrected chi connectivity index (χ4v) is 2.71. The first-order valence-electron chi connectivity index (χ1n) is 7.03. The van der Waals surface area contributed by atoms with Gasteiger partial charge in [0.25, 0.3) is 5.91 Å². The Morgan fingerprint density at radius 3 is 2.43 bits per heavy atom. The number of amides is 2. The fourth-order valence-electron chi connectivity index (χ4n) is 1.77. The summed E-state index contributed by atoms with van der Waals surface area (Å²) in [6, 6.07) is 5.59. The highest BCUT2D eigenvalue weighted by atomic mass is 32.2. The van der Waals surface area contributed by atoms with Gasteiger partial charge in [0.1, 0.15) is 0 Å². The van der Waals surface area contributed by atoms with Gasteiger partial charge in [0, 0.05) is 11.6 Å². The number of terminal acetylenes is 1. The van der Waals surface area contributed by atoms with E-state index in [-0.39, 0.29) is 35.5 Å². The fraction of sp³-hybridized carbons (Fsp3) is 0.333.